The molecular formula is C18H22ClN. The number of benzene rings is 2. The van der Waals surface area contributed by atoms with Gasteiger partial charge in [0.15, 0.2) is 0 Å². The molecule has 106 valence electrons. The Balaban J connectivity index is 1.94. The summed E-state index contributed by atoms with van der Waals surface area (Å²) in [5.74, 6) is 0. The number of hydrogen-bond acceptors (Lipinski definition) is 1. The first kappa shape index (κ1) is 15.1. The Morgan fingerprint density at radius 3 is 2.60 bits per heavy atom. The summed E-state index contributed by atoms with van der Waals surface area (Å²) in [6, 6.07) is 17.2. The van der Waals surface area contributed by atoms with Gasteiger partial charge in [-0.2, -0.15) is 0 Å². The third-order valence-corrected chi connectivity index (χ3v) is 4.04. The van der Waals surface area contributed by atoms with Crippen molar-refractivity contribution in [2.45, 2.75) is 32.2 Å². The number of rotatable bonds is 6. The molecule has 0 saturated heterocycles. The van der Waals surface area contributed by atoms with Crippen LogP contribution in [0.4, 0.5) is 0 Å². The standard InChI is InChI=1S/C18H22ClN/c1-14-6-3-4-8-16(14)10-11-18(20-2)13-15-7-5-9-17(19)12-15/h3-9,12,18,20H,10-11,13H2,1-2H3. The Bertz CT molecular complexity index is 551. The highest BCUT2D eigenvalue weighted by Crippen LogP contribution is 2.15. The van der Waals surface area contributed by atoms with Crippen LogP contribution in [0.5, 0.6) is 0 Å². The van der Waals surface area contributed by atoms with Crippen molar-refractivity contribution >= 4 is 11.6 Å². The number of likely N-dealkylation sites (N-methyl/N-ethyl adjacent to an activating group) is 1. The molecule has 20 heavy (non-hydrogen) atoms. The molecular weight excluding hydrogens is 266 g/mol. The van der Waals surface area contributed by atoms with E-state index in [-0.39, 0.29) is 0 Å². The lowest BCUT2D eigenvalue weighted by Crippen LogP contribution is -2.28. The summed E-state index contributed by atoms with van der Waals surface area (Å²) >= 11 is 6.04. The van der Waals surface area contributed by atoms with Crippen LogP contribution in [-0.2, 0) is 12.8 Å². The second kappa shape index (κ2) is 7.47. The predicted molar refractivity (Wildman–Crippen MR) is 87.5 cm³/mol. The molecule has 0 saturated carbocycles. The van der Waals surface area contributed by atoms with E-state index in [0.717, 1.165) is 24.3 Å². The lowest BCUT2D eigenvalue weighted by molar-refractivity contribution is 0.519. The molecule has 2 aromatic carbocycles. The van der Waals surface area contributed by atoms with Crippen LogP contribution in [0.3, 0.4) is 0 Å². The monoisotopic (exact) mass is 287 g/mol. The van der Waals surface area contributed by atoms with Gasteiger partial charge in [-0.3, -0.25) is 0 Å². The fourth-order valence-corrected chi connectivity index (χ4v) is 2.73. The minimum absolute atomic E-state index is 0.480. The zero-order valence-electron chi connectivity index (χ0n) is 12.2. The summed E-state index contributed by atoms with van der Waals surface area (Å²) < 4.78 is 0. The van der Waals surface area contributed by atoms with Crippen molar-refractivity contribution in [3.05, 3.63) is 70.2 Å². The average Bonchev–Trinajstić information content (AvgIpc) is 2.45. The van der Waals surface area contributed by atoms with Crippen molar-refractivity contribution in [3.8, 4) is 0 Å². The maximum atomic E-state index is 6.04. The van der Waals surface area contributed by atoms with Gasteiger partial charge in [0, 0.05) is 11.1 Å². The molecule has 1 nitrogen and oxygen atoms in total. The van der Waals surface area contributed by atoms with E-state index in [4.69, 9.17) is 11.6 Å². The van der Waals surface area contributed by atoms with E-state index in [9.17, 15) is 0 Å². The van der Waals surface area contributed by atoms with E-state index in [0.29, 0.717) is 6.04 Å². The first-order chi connectivity index (χ1) is 9.69. The van der Waals surface area contributed by atoms with E-state index < -0.39 is 0 Å². The van der Waals surface area contributed by atoms with Crippen LogP contribution < -0.4 is 5.32 Å². The first-order valence-electron chi connectivity index (χ1n) is 7.15. The Labute approximate surface area is 127 Å². The van der Waals surface area contributed by atoms with Crippen molar-refractivity contribution in [2.75, 3.05) is 7.05 Å². The lowest BCUT2D eigenvalue weighted by atomic mass is 9.97. The fourth-order valence-electron chi connectivity index (χ4n) is 2.52. The van der Waals surface area contributed by atoms with Gasteiger partial charge in [0.05, 0.1) is 0 Å². The highest BCUT2D eigenvalue weighted by molar-refractivity contribution is 6.30. The van der Waals surface area contributed by atoms with Gasteiger partial charge in [-0.05, 0) is 62.1 Å². The van der Waals surface area contributed by atoms with Crippen molar-refractivity contribution in [2.24, 2.45) is 0 Å². The van der Waals surface area contributed by atoms with Crippen LogP contribution in [0.1, 0.15) is 23.1 Å². The van der Waals surface area contributed by atoms with Crippen LogP contribution in [0.25, 0.3) is 0 Å². The van der Waals surface area contributed by atoms with Gasteiger partial charge in [0.2, 0.25) is 0 Å². The molecule has 1 unspecified atom stereocenters. The maximum absolute atomic E-state index is 6.04. The van der Waals surface area contributed by atoms with Crippen molar-refractivity contribution < 1.29 is 0 Å². The third-order valence-electron chi connectivity index (χ3n) is 3.80. The molecule has 0 aliphatic rings. The predicted octanol–water partition coefficient (Wildman–Crippen LogP) is 4.41. The average molecular weight is 288 g/mol. The minimum atomic E-state index is 0.480. The normalized spacial score (nSPS) is 12.3. The number of nitrogens with one attached hydrogen (secondary N) is 1. The summed E-state index contributed by atoms with van der Waals surface area (Å²) in [6.07, 6.45) is 3.26. The molecule has 0 aliphatic heterocycles. The number of aryl methyl sites for hydroxylation is 2. The molecule has 0 aliphatic carbocycles. The van der Waals surface area contributed by atoms with E-state index in [1.54, 1.807) is 0 Å². The molecule has 1 atom stereocenters. The van der Waals surface area contributed by atoms with E-state index in [1.807, 2.05) is 19.2 Å². The smallest absolute Gasteiger partial charge is 0.0408 e. The summed E-state index contributed by atoms with van der Waals surface area (Å²) in [4.78, 5) is 0. The molecule has 0 fully saturated rings. The van der Waals surface area contributed by atoms with Gasteiger partial charge in [0.1, 0.15) is 0 Å². The Morgan fingerprint density at radius 1 is 1.10 bits per heavy atom. The molecule has 1 N–H and O–H groups in total. The van der Waals surface area contributed by atoms with E-state index in [1.165, 1.54) is 16.7 Å². The van der Waals surface area contributed by atoms with E-state index >= 15 is 0 Å². The second-order valence-corrected chi connectivity index (χ2v) is 5.72. The molecule has 0 heterocycles. The molecule has 0 spiro atoms. The van der Waals surface area contributed by atoms with Crippen molar-refractivity contribution in [1.82, 2.24) is 5.32 Å². The Hall–Kier alpha value is -1.31. The third kappa shape index (κ3) is 4.36. The largest absolute Gasteiger partial charge is 0.317 e. The summed E-state index contributed by atoms with van der Waals surface area (Å²) in [5, 5.41) is 4.23. The molecule has 0 aromatic heterocycles. The number of hydrogen-bond donors (Lipinski definition) is 1. The molecule has 2 heteroatoms. The van der Waals surface area contributed by atoms with Gasteiger partial charge in [0.25, 0.3) is 0 Å². The van der Waals surface area contributed by atoms with Crippen LogP contribution >= 0.6 is 11.6 Å². The topological polar surface area (TPSA) is 12.0 Å². The lowest BCUT2D eigenvalue weighted by Gasteiger charge is -2.17. The Morgan fingerprint density at radius 2 is 1.90 bits per heavy atom. The number of halogens is 1. The van der Waals surface area contributed by atoms with Gasteiger partial charge in [-0.15, -0.1) is 0 Å². The van der Waals surface area contributed by atoms with Gasteiger partial charge in [-0.25, -0.2) is 0 Å². The van der Waals surface area contributed by atoms with Crippen LogP contribution in [-0.4, -0.2) is 13.1 Å². The summed E-state index contributed by atoms with van der Waals surface area (Å²) in [6.45, 7) is 2.18. The summed E-state index contributed by atoms with van der Waals surface area (Å²) in [5.41, 5.74) is 4.12. The van der Waals surface area contributed by atoms with Crippen LogP contribution in [0, 0.1) is 6.92 Å². The van der Waals surface area contributed by atoms with Crippen molar-refractivity contribution in [3.63, 3.8) is 0 Å². The van der Waals surface area contributed by atoms with E-state index in [2.05, 4.69) is 48.6 Å². The second-order valence-electron chi connectivity index (χ2n) is 5.28. The SMILES string of the molecule is CNC(CCc1ccccc1C)Cc1cccc(Cl)c1. The zero-order chi connectivity index (χ0) is 14.4. The van der Waals surface area contributed by atoms with Gasteiger partial charge < -0.3 is 5.32 Å². The van der Waals surface area contributed by atoms with Crippen LogP contribution in [0.15, 0.2) is 48.5 Å². The van der Waals surface area contributed by atoms with Crippen LogP contribution in [0.2, 0.25) is 5.02 Å². The molecule has 2 aromatic rings. The zero-order valence-corrected chi connectivity index (χ0v) is 13.0. The van der Waals surface area contributed by atoms with Gasteiger partial charge in [-0.1, -0.05) is 48.0 Å². The summed E-state index contributed by atoms with van der Waals surface area (Å²) in [7, 11) is 2.03. The highest BCUT2D eigenvalue weighted by Gasteiger charge is 2.08. The minimum Gasteiger partial charge on any atom is -0.317 e. The molecule has 2 rings (SSSR count). The van der Waals surface area contributed by atoms with Gasteiger partial charge >= 0.3 is 0 Å². The van der Waals surface area contributed by atoms with Crippen molar-refractivity contribution in [1.29, 1.82) is 0 Å². The first-order valence-corrected chi connectivity index (χ1v) is 7.53. The maximum Gasteiger partial charge on any atom is 0.0408 e. The molecule has 0 amide bonds. The molecule has 0 radical (unpaired) electrons. The quantitative estimate of drug-likeness (QED) is 0.830. The Kier molecular flexibility index (Phi) is 5.63. The molecule has 0 bridgehead atoms. The highest BCUT2D eigenvalue weighted by atomic mass is 35.5. The fraction of sp³-hybridized carbons (Fsp3) is 0.333.